The number of rotatable bonds is 3. The molecule has 4 rings (SSSR count). The van der Waals surface area contributed by atoms with Crippen molar-refractivity contribution in [3.8, 4) is 11.3 Å². The molecule has 4 heterocycles. The Labute approximate surface area is 160 Å². The highest BCUT2D eigenvalue weighted by Gasteiger charge is 2.35. The molecule has 2 aromatic rings. The van der Waals surface area contributed by atoms with Crippen molar-refractivity contribution in [1.29, 1.82) is 0 Å². The molecule has 2 saturated heterocycles. The van der Waals surface area contributed by atoms with Crippen LogP contribution in [0.5, 0.6) is 0 Å². The van der Waals surface area contributed by atoms with Crippen LogP contribution in [0.25, 0.3) is 11.3 Å². The van der Waals surface area contributed by atoms with Gasteiger partial charge in [0.05, 0.1) is 30.5 Å². The predicted octanol–water partition coefficient (Wildman–Crippen LogP) is 2.57. The van der Waals surface area contributed by atoms with E-state index in [9.17, 15) is 13.2 Å². The highest BCUT2D eigenvalue weighted by molar-refractivity contribution is 5.69. The summed E-state index contributed by atoms with van der Waals surface area (Å²) in [5.74, 6) is 0.838. The van der Waals surface area contributed by atoms with Gasteiger partial charge in [-0.05, 0) is 19.4 Å². The van der Waals surface area contributed by atoms with Crippen LogP contribution < -0.4 is 15.5 Å². The van der Waals surface area contributed by atoms with Gasteiger partial charge < -0.3 is 20.3 Å². The van der Waals surface area contributed by atoms with E-state index in [2.05, 4.69) is 15.0 Å². The molecule has 1 atom stereocenters. The minimum absolute atomic E-state index is 0.0277. The number of anilines is 3. The number of hydrogen-bond donors (Lipinski definition) is 1. The molecule has 0 spiro atoms. The van der Waals surface area contributed by atoms with E-state index in [4.69, 9.17) is 10.5 Å². The quantitative estimate of drug-likeness (QED) is 0.857. The summed E-state index contributed by atoms with van der Waals surface area (Å²) in [6, 6.07) is 2.47. The lowest BCUT2D eigenvalue weighted by Gasteiger charge is -2.36. The normalized spacial score (nSPS) is 20.2. The fourth-order valence-corrected chi connectivity index (χ4v) is 3.33. The van der Waals surface area contributed by atoms with Crippen LogP contribution in [0.15, 0.2) is 18.3 Å². The minimum atomic E-state index is -4.57. The number of morpholine rings is 1. The van der Waals surface area contributed by atoms with Crippen LogP contribution in [0.2, 0.25) is 0 Å². The molecule has 0 bridgehead atoms. The summed E-state index contributed by atoms with van der Waals surface area (Å²) in [6.07, 6.45) is -2.41. The molecule has 0 amide bonds. The second-order valence-corrected chi connectivity index (χ2v) is 7.02. The molecule has 2 fully saturated rings. The van der Waals surface area contributed by atoms with Crippen LogP contribution in [0.3, 0.4) is 0 Å². The van der Waals surface area contributed by atoms with E-state index in [1.54, 1.807) is 6.07 Å². The number of nitrogens with two attached hydrogens (primary N) is 1. The van der Waals surface area contributed by atoms with Crippen molar-refractivity contribution in [3.05, 3.63) is 23.9 Å². The second kappa shape index (κ2) is 7.08. The molecular formula is C18H21F3N6O. The molecular weight excluding hydrogens is 373 g/mol. The maximum atomic E-state index is 13.6. The molecule has 0 radical (unpaired) electrons. The SMILES string of the molecule is CC1COCCN1c1nc(-c2cnc(N)cc2C(F)(F)F)cc(N2CCC2)n1. The maximum Gasteiger partial charge on any atom is 0.417 e. The lowest BCUT2D eigenvalue weighted by atomic mass is 10.1. The van der Waals surface area contributed by atoms with E-state index in [0.29, 0.717) is 31.5 Å². The highest BCUT2D eigenvalue weighted by atomic mass is 19.4. The molecule has 1 unspecified atom stereocenters. The molecule has 0 aromatic carbocycles. The molecule has 0 saturated carbocycles. The average Bonchev–Trinajstić information content (AvgIpc) is 2.59. The van der Waals surface area contributed by atoms with Gasteiger partial charge in [-0.15, -0.1) is 0 Å². The number of alkyl halides is 3. The van der Waals surface area contributed by atoms with Crippen molar-refractivity contribution in [3.63, 3.8) is 0 Å². The first-order valence-corrected chi connectivity index (χ1v) is 9.14. The summed E-state index contributed by atoms with van der Waals surface area (Å²) in [6.45, 7) is 5.24. The minimum Gasteiger partial charge on any atom is -0.384 e. The van der Waals surface area contributed by atoms with E-state index in [0.717, 1.165) is 31.8 Å². The first-order valence-electron chi connectivity index (χ1n) is 9.14. The Hall–Kier alpha value is -2.62. The van der Waals surface area contributed by atoms with Crippen molar-refractivity contribution >= 4 is 17.6 Å². The number of nitrogen functional groups attached to an aromatic ring is 1. The van der Waals surface area contributed by atoms with Gasteiger partial charge in [-0.1, -0.05) is 0 Å². The average molecular weight is 394 g/mol. The molecule has 2 aliphatic rings. The van der Waals surface area contributed by atoms with Crippen LogP contribution in [0.1, 0.15) is 18.9 Å². The van der Waals surface area contributed by atoms with Gasteiger partial charge >= 0.3 is 6.18 Å². The summed E-state index contributed by atoms with van der Waals surface area (Å²) < 4.78 is 46.3. The monoisotopic (exact) mass is 394 g/mol. The van der Waals surface area contributed by atoms with Gasteiger partial charge in [0.15, 0.2) is 0 Å². The predicted molar refractivity (Wildman–Crippen MR) is 99.1 cm³/mol. The second-order valence-electron chi connectivity index (χ2n) is 7.02. The number of ether oxygens (including phenoxy) is 1. The molecule has 28 heavy (non-hydrogen) atoms. The Balaban J connectivity index is 1.84. The first-order chi connectivity index (χ1) is 13.3. The Morgan fingerprint density at radius 2 is 1.96 bits per heavy atom. The molecule has 2 aromatic heterocycles. The summed E-state index contributed by atoms with van der Waals surface area (Å²) in [5.41, 5.74) is 4.73. The zero-order chi connectivity index (χ0) is 19.9. The van der Waals surface area contributed by atoms with Crippen LogP contribution in [0, 0.1) is 0 Å². The number of halogens is 3. The maximum absolute atomic E-state index is 13.6. The fourth-order valence-electron chi connectivity index (χ4n) is 3.33. The zero-order valence-corrected chi connectivity index (χ0v) is 15.4. The Morgan fingerprint density at radius 1 is 1.18 bits per heavy atom. The Kier molecular flexibility index (Phi) is 4.74. The van der Waals surface area contributed by atoms with Gasteiger partial charge in [0.2, 0.25) is 5.95 Å². The van der Waals surface area contributed by atoms with Crippen molar-refractivity contribution < 1.29 is 17.9 Å². The standard InChI is InChI=1S/C18H21F3N6O/c1-11-10-28-6-5-27(11)17-24-14(8-16(25-17)26-3-2-4-26)12-9-23-15(22)7-13(12)18(19,20)21/h7-9,11H,2-6,10H2,1H3,(H2,22,23). The van der Waals surface area contributed by atoms with Gasteiger partial charge in [0, 0.05) is 37.5 Å². The van der Waals surface area contributed by atoms with E-state index in [1.165, 1.54) is 0 Å². The third-order valence-corrected chi connectivity index (χ3v) is 5.01. The van der Waals surface area contributed by atoms with Gasteiger partial charge in [0.25, 0.3) is 0 Å². The number of aromatic nitrogens is 3. The molecule has 2 N–H and O–H groups in total. The van der Waals surface area contributed by atoms with Crippen molar-refractivity contribution in [2.45, 2.75) is 25.6 Å². The van der Waals surface area contributed by atoms with Gasteiger partial charge in [-0.2, -0.15) is 18.2 Å². The summed E-state index contributed by atoms with van der Waals surface area (Å²) in [4.78, 5) is 17.0. The Morgan fingerprint density at radius 3 is 2.61 bits per heavy atom. The number of pyridine rings is 1. The van der Waals surface area contributed by atoms with E-state index in [1.807, 2.05) is 16.7 Å². The molecule has 2 aliphatic heterocycles. The van der Waals surface area contributed by atoms with Crippen LogP contribution in [0.4, 0.5) is 30.8 Å². The number of hydrogen-bond acceptors (Lipinski definition) is 7. The van der Waals surface area contributed by atoms with Gasteiger partial charge in [-0.3, -0.25) is 0 Å². The third-order valence-electron chi connectivity index (χ3n) is 5.01. The van der Waals surface area contributed by atoms with Crippen LogP contribution in [-0.4, -0.2) is 53.8 Å². The zero-order valence-electron chi connectivity index (χ0n) is 15.4. The molecule has 7 nitrogen and oxygen atoms in total. The lowest BCUT2D eigenvalue weighted by molar-refractivity contribution is -0.137. The lowest BCUT2D eigenvalue weighted by Crippen LogP contribution is -2.45. The van der Waals surface area contributed by atoms with Crippen molar-refractivity contribution in [2.75, 3.05) is 48.4 Å². The largest absolute Gasteiger partial charge is 0.417 e. The summed E-state index contributed by atoms with van der Waals surface area (Å²) >= 11 is 0. The Bertz CT molecular complexity index is 871. The summed E-state index contributed by atoms with van der Waals surface area (Å²) in [5, 5.41) is 0. The van der Waals surface area contributed by atoms with Crippen LogP contribution in [-0.2, 0) is 10.9 Å². The summed E-state index contributed by atoms with van der Waals surface area (Å²) in [7, 11) is 0. The number of nitrogens with zero attached hydrogens (tertiary/aromatic N) is 5. The van der Waals surface area contributed by atoms with E-state index >= 15 is 0 Å². The van der Waals surface area contributed by atoms with Gasteiger partial charge in [0.1, 0.15) is 11.6 Å². The molecule has 10 heteroatoms. The first kappa shape index (κ1) is 18.7. The van der Waals surface area contributed by atoms with E-state index < -0.39 is 11.7 Å². The third kappa shape index (κ3) is 3.56. The smallest absolute Gasteiger partial charge is 0.384 e. The fraction of sp³-hybridized carbons (Fsp3) is 0.500. The molecule has 0 aliphatic carbocycles. The van der Waals surface area contributed by atoms with Crippen molar-refractivity contribution in [1.82, 2.24) is 15.0 Å². The van der Waals surface area contributed by atoms with Crippen LogP contribution >= 0.6 is 0 Å². The molecule has 150 valence electrons. The van der Waals surface area contributed by atoms with Gasteiger partial charge in [-0.25, -0.2) is 9.97 Å². The van der Waals surface area contributed by atoms with E-state index in [-0.39, 0.29) is 23.1 Å². The van der Waals surface area contributed by atoms with Crippen molar-refractivity contribution in [2.24, 2.45) is 0 Å². The highest BCUT2D eigenvalue weighted by Crippen LogP contribution is 2.38. The topological polar surface area (TPSA) is 80.4 Å².